The van der Waals surface area contributed by atoms with E-state index in [-0.39, 0.29) is 5.91 Å². The Morgan fingerprint density at radius 2 is 2.18 bits per heavy atom. The van der Waals surface area contributed by atoms with E-state index in [1.807, 2.05) is 0 Å². The minimum absolute atomic E-state index is 0.0772. The normalized spacial score (nSPS) is 12.6. The Hall–Kier alpha value is -0.530. The molecule has 2 nitrogen and oxygen atoms in total. The van der Waals surface area contributed by atoms with Crippen molar-refractivity contribution in [3.8, 4) is 0 Å². The predicted molar refractivity (Wildman–Crippen MR) is 47.4 cm³/mol. The number of carbonyl (C=O) groups is 1. The molecule has 66 valence electrons. The van der Waals surface area contributed by atoms with Crippen LogP contribution in [0.2, 0.25) is 0 Å². The fourth-order valence-electron chi connectivity index (χ4n) is 0.973. The van der Waals surface area contributed by atoms with Crippen molar-refractivity contribution in [1.29, 1.82) is 0 Å². The summed E-state index contributed by atoms with van der Waals surface area (Å²) in [6.45, 7) is 6.75. The quantitative estimate of drug-likeness (QED) is 0.649. The number of amides is 1. The second-order valence-electron chi connectivity index (χ2n) is 3.18. The first kappa shape index (κ1) is 10.5. The molecule has 0 aliphatic rings. The minimum atomic E-state index is 0.0772. The summed E-state index contributed by atoms with van der Waals surface area (Å²) in [4.78, 5) is 10.5. The van der Waals surface area contributed by atoms with Gasteiger partial charge in [-0.25, -0.2) is 0 Å². The highest BCUT2D eigenvalue weighted by atomic mass is 16.1. The van der Waals surface area contributed by atoms with Crippen LogP contribution >= 0.6 is 0 Å². The Labute approximate surface area is 69.4 Å². The van der Waals surface area contributed by atoms with Gasteiger partial charge < -0.3 is 5.32 Å². The fourth-order valence-corrected chi connectivity index (χ4v) is 0.973. The molecule has 0 aliphatic carbocycles. The van der Waals surface area contributed by atoms with E-state index in [0.29, 0.717) is 5.92 Å². The maximum absolute atomic E-state index is 10.5. The standard InChI is InChI=1S/C9H19NO/c1-4-5-6-8(2)7-10-9(3)11/h8H,4-7H2,1-3H3,(H,10,11). The zero-order chi connectivity index (χ0) is 8.69. The van der Waals surface area contributed by atoms with E-state index in [1.165, 1.54) is 19.3 Å². The Kier molecular flexibility index (Phi) is 5.90. The van der Waals surface area contributed by atoms with E-state index >= 15 is 0 Å². The van der Waals surface area contributed by atoms with Gasteiger partial charge in [0.25, 0.3) is 0 Å². The minimum Gasteiger partial charge on any atom is -0.356 e. The van der Waals surface area contributed by atoms with Crippen molar-refractivity contribution >= 4 is 5.91 Å². The lowest BCUT2D eigenvalue weighted by molar-refractivity contribution is -0.119. The van der Waals surface area contributed by atoms with Crippen LogP contribution in [0.15, 0.2) is 0 Å². The number of rotatable bonds is 5. The molecule has 1 unspecified atom stereocenters. The molecule has 2 heteroatoms. The van der Waals surface area contributed by atoms with Gasteiger partial charge in [0, 0.05) is 13.5 Å². The lowest BCUT2D eigenvalue weighted by Crippen LogP contribution is -2.25. The monoisotopic (exact) mass is 157 g/mol. The predicted octanol–water partition coefficient (Wildman–Crippen LogP) is 1.95. The summed E-state index contributed by atoms with van der Waals surface area (Å²) in [5, 5.41) is 2.82. The van der Waals surface area contributed by atoms with Gasteiger partial charge in [-0.05, 0) is 12.3 Å². The summed E-state index contributed by atoms with van der Waals surface area (Å²) in [5.41, 5.74) is 0. The number of unbranched alkanes of at least 4 members (excludes halogenated alkanes) is 1. The highest BCUT2D eigenvalue weighted by molar-refractivity contribution is 5.72. The first-order valence-corrected chi connectivity index (χ1v) is 4.41. The lowest BCUT2D eigenvalue weighted by Gasteiger charge is -2.10. The van der Waals surface area contributed by atoms with Crippen molar-refractivity contribution < 1.29 is 4.79 Å². The zero-order valence-electron chi connectivity index (χ0n) is 7.81. The molecule has 1 amide bonds. The highest BCUT2D eigenvalue weighted by Gasteiger charge is 2.00. The van der Waals surface area contributed by atoms with Crippen LogP contribution in [-0.2, 0) is 4.79 Å². The Balaban J connectivity index is 3.22. The molecule has 0 heterocycles. The molecule has 0 aromatic heterocycles. The van der Waals surface area contributed by atoms with E-state index < -0.39 is 0 Å². The van der Waals surface area contributed by atoms with Crippen LogP contribution in [0.25, 0.3) is 0 Å². The largest absolute Gasteiger partial charge is 0.356 e. The lowest BCUT2D eigenvalue weighted by atomic mass is 10.0. The van der Waals surface area contributed by atoms with E-state index in [0.717, 1.165) is 6.54 Å². The van der Waals surface area contributed by atoms with E-state index in [2.05, 4.69) is 19.2 Å². The first-order valence-electron chi connectivity index (χ1n) is 4.41. The average molecular weight is 157 g/mol. The summed E-state index contributed by atoms with van der Waals surface area (Å²) in [5.74, 6) is 0.701. The molecule has 0 spiro atoms. The van der Waals surface area contributed by atoms with Gasteiger partial charge in [-0.1, -0.05) is 26.7 Å². The molecule has 0 aromatic rings. The van der Waals surface area contributed by atoms with Gasteiger partial charge in [-0.2, -0.15) is 0 Å². The second-order valence-corrected chi connectivity index (χ2v) is 3.18. The third-order valence-electron chi connectivity index (χ3n) is 1.75. The van der Waals surface area contributed by atoms with Crippen LogP contribution < -0.4 is 5.32 Å². The number of hydrogen-bond acceptors (Lipinski definition) is 1. The van der Waals surface area contributed by atoms with Crippen LogP contribution in [0, 0.1) is 5.92 Å². The average Bonchev–Trinajstić information content (AvgIpc) is 1.97. The molecule has 0 saturated carbocycles. The summed E-state index contributed by atoms with van der Waals surface area (Å²) >= 11 is 0. The van der Waals surface area contributed by atoms with Gasteiger partial charge >= 0.3 is 0 Å². The molecule has 0 bridgehead atoms. The first-order chi connectivity index (χ1) is 5.16. The fraction of sp³-hybridized carbons (Fsp3) is 0.889. The Morgan fingerprint density at radius 1 is 1.55 bits per heavy atom. The summed E-state index contributed by atoms with van der Waals surface area (Å²) in [6.07, 6.45) is 3.72. The Morgan fingerprint density at radius 3 is 2.64 bits per heavy atom. The third-order valence-corrected chi connectivity index (χ3v) is 1.75. The topological polar surface area (TPSA) is 29.1 Å². The summed E-state index contributed by atoms with van der Waals surface area (Å²) in [7, 11) is 0. The molecule has 11 heavy (non-hydrogen) atoms. The van der Waals surface area contributed by atoms with Crippen molar-refractivity contribution in [2.24, 2.45) is 5.92 Å². The maximum atomic E-state index is 10.5. The molecule has 0 radical (unpaired) electrons. The van der Waals surface area contributed by atoms with Gasteiger partial charge in [0.15, 0.2) is 0 Å². The molecule has 0 fully saturated rings. The summed E-state index contributed by atoms with van der Waals surface area (Å²) in [6, 6.07) is 0. The van der Waals surface area contributed by atoms with Crippen molar-refractivity contribution in [2.45, 2.75) is 40.0 Å². The SMILES string of the molecule is CCCCC(C)CNC(C)=O. The maximum Gasteiger partial charge on any atom is 0.216 e. The van der Waals surface area contributed by atoms with Crippen molar-refractivity contribution in [3.05, 3.63) is 0 Å². The highest BCUT2D eigenvalue weighted by Crippen LogP contribution is 2.05. The van der Waals surface area contributed by atoms with E-state index in [4.69, 9.17) is 0 Å². The molecule has 0 saturated heterocycles. The number of hydrogen-bond donors (Lipinski definition) is 1. The number of nitrogens with one attached hydrogen (secondary N) is 1. The summed E-state index contributed by atoms with van der Waals surface area (Å²) < 4.78 is 0. The van der Waals surface area contributed by atoms with E-state index in [9.17, 15) is 4.79 Å². The zero-order valence-corrected chi connectivity index (χ0v) is 7.81. The Bertz CT molecular complexity index is 112. The van der Waals surface area contributed by atoms with E-state index in [1.54, 1.807) is 6.92 Å². The molecular weight excluding hydrogens is 138 g/mol. The van der Waals surface area contributed by atoms with Crippen molar-refractivity contribution in [1.82, 2.24) is 5.32 Å². The van der Waals surface area contributed by atoms with Crippen molar-refractivity contribution in [3.63, 3.8) is 0 Å². The van der Waals surface area contributed by atoms with Gasteiger partial charge in [0.05, 0.1) is 0 Å². The van der Waals surface area contributed by atoms with Gasteiger partial charge in [-0.3, -0.25) is 4.79 Å². The molecule has 0 aromatic carbocycles. The van der Waals surface area contributed by atoms with Gasteiger partial charge in [-0.15, -0.1) is 0 Å². The van der Waals surface area contributed by atoms with Gasteiger partial charge in [0.1, 0.15) is 0 Å². The van der Waals surface area contributed by atoms with Gasteiger partial charge in [0.2, 0.25) is 5.91 Å². The molecule has 1 atom stereocenters. The smallest absolute Gasteiger partial charge is 0.216 e. The van der Waals surface area contributed by atoms with Crippen LogP contribution in [0.1, 0.15) is 40.0 Å². The third kappa shape index (κ3) is 7.37. The van der Waals surface area contributed by atoms with Crippen LogP contribution in [0.4, 0.5) is 0 Å². The molecule has 0 aliphatic heterocycles. The van der Waals surface area contributed by atoms with Crippen LogP contribution in [-0.4, -0.2) is 12.5 Å². The number of carbonyl (C=O) groups excluding carboxylic acids is 1. The molecule has 0 rings (SSSR count). The van der Waals surface area contributed by atoms with Crippen LogP contribution in [0.5, 0.6) is 0 Å². The van der Waals surface area contributed by atoms with Crippen LogP contribution in [0.3, 0.4) is 0 Å². The second kappa shape index (κ2) is 6.20. The molecular formula is C9H19NO. The molecule has 1 N–H and O–H groups in total. The van der Waals surface area contributed by atoms with Crippen molar-refractivity contribution in [2.75, 3.05) is 6.54 Å².